The van der Waals surface area contributed by atoms with Crippen LogP contribution in [-0.4, -0.2) is 30.0 Å². The number of carbonyl (C=O) groups is 1. The predicted molar refractivity (Wildman–Crippen MR) is 123 cm³/mol. The molecule has 0 spiro atoms. The lowest BCUT2D eigenvalue weighted by molar-refractivity contribution is -0.119. The molecule has 30 heavy (non-hydrogen) atoms. The van der Waals surface area contributed by atoms with E-state index in [1.54, 1.807) is 36.8 Å². The molecule has 4 rings (SSSR count). The topological polar surface area (TPSA) is 109 Å². The average Bonchev–Trinajstić information content (AvgIpc) is 3.11. The first-order valence-corrected chi connectivity index (χ1v) is 11.1. The van der Waals surface area contributed by atoms with Crippen LogP contribution in [0.4, 0.5) is 11.4 Å². The molecule has 0 aliphatic carbocycles. The molecule has 1 aromatic carbocycles. The van der Waals surface area contributed by atoms with Gasteiger partial charge in [-0.15, -0.1) is 0 Å². The molecule has 7 nitrogen and oxygen atoms in total. The molecular weight excluding hydrogens is 443 g/mol. The maximum atomic E-state index is 13.6. The van der Waals surface area contributed by atoms with Crippen LogP contribution >= 0.6 is 35.0 Å². The number of carbonyl (C=O) groups excluding carboxylic acids is 1. The van der Waals surface area contributed by atoms with E-state index in [1.807, 2.05) is 6.07 Å². The van der Waals surface area contributed by atoms with Gasteiger partial charge >= 0.3 is 0 Å². The number of pyridine rings is 1. The van der Waals surface area contributed by atoms with Crippen molar-refractivity contribution in [2.45, 2.75) is 23.8 Å². The van der Waals surface area contributed by atoms with E-state index < -0.39 is 4.87 Å². The van der Waals surface area contributed by atoms with E-state index in [2.05, 4.69) is 20.5 Å². The second kappa shape index (κ2) is 8.55. The first-order valence-electron chi connectivity index (χ1n) is 9.53. The quantitative estimate of drug-likeness (QED) is 0.549. The highest BCUT2D eigenvalue weighted by atomic mass is 35.5. The van der Waals surface area contributed by atoms with Crippen molar-refractivity contribution < 1.29 is 4.79 Å². The normalized spacial score (nSPS) is 23.6. The van der Waals surface area contributed by atoms with Crippen LogP contribution in [-0.2, 0) is 9.67 Å². The zero-order valence-electron chi connectivity index (χ0n) is 16.1. The Morgan fingerprint density at radius 2 is 2.10 bits per heavy atom. The van der Waals surface area contributed by atoms with Gasteiger partial charge in [-0.05, 0) is 31.0 Å². The summed E-state index contributed by atoms with van der Waals surface area (Å²) in [5.41, 5.74) is 14.1. The van der Waals surface area contributed by atoms with Crippen molar-refractivity contribution in [2.24, 2.45) is 11.5 Å². The average molecular weight is 465 g/mol. The van der Waals surface area contributed by atoms with E-state index in [4.69, 9.17) is 34.7 Å². The minimum atomic E-state index is -1.30. The Morgan fingerprint density at radius 3 is 2.77 bits per heavy atom. The van der Waals surface area contributed by atoms with Gasteiger partial charge in [0, 0.05) is 47.1 Å². The fraction of sp³-hybridized carbons (Fsp3) is 0.300. The Bertz CT molecular complexity index is 983. The van der Waals surface area contributed by atoms with Gasteiger partial charge in [-0.25, -0.2) is 0 Å². The molecule has 2 aromatic rings. The summed E-state index contributed by atoms with van der Waals surface area (Å²) in [6.45, 7) is 1.58. The fourth-order valence-electron chi connectivity index (χ4n) is 3.79. The number of amides is 1. The van der Waals surface area contributed by atoms with Crippen molar-refractivity contribution in [3.8, 4) is 0 Å². The number of aromatic nitrogens is 1. The molecule has 2 aliphatic heterocycles. The third-order valence-electron chi connectivity index (χ3n) is 5.17. The van der Waals surface area contributed by atoms with Crippen LogP contribution in [0.15, 0.2) is 47.9 Å². The van der Waals surface area contributed by atoms with E-state index in [9.17, 15) is 4.79 Å². The molecule has 10 heteroatoms. The summed E-state index contributed by atoms with van der Waals surface area (Å²) in [5, 5.41) is 7.28. The predicted octanol–water partition coefficient (Wildman–Crippen LogP) is 3.20. The van der Waals surface area contributed by atoms with Gasteiger partial charge in [0.2, 0.25) is 0 Å². The van der Waals surface area contributed by atoms with Gasteiger partial charge in [0.05, 0.1) is 22.6 Å². The van der Waals surface area contributed by atoms with Crippen LogP contribution in [0.5, 0.6) is 0 Å². The second-order valence-electron chi connectivity index (χ2n) is 7.27. The summed E-state index contributed by atoms with van der Waals surface area (Å²) >= 11 is 14.0. The van der Waals surface area contributed by atoms with Crippen molar-refractivity contribution in [1.29, 1.82) is 0 Å². The molecule has 1 fully saturated rings. The number of rotatable bonds is 4. The number of benzene rings is 1. The number of anilines is 2. The molecule has 1 aromatic heterocycles. The van der Waals surface area contributed by atoms with Gasteiger partial charge in [0.25, 0.3) is 5.91 Å². The summed E-state index contributed by atoms with van der Waals surface area (Å²) in [5.74, 6) is -0.352. The third kappa shape index (κ3) is 3.92. The third-order valence-corrected chi connectivity index (χ3v) is 6.97. The van der Waals surface area contributed by atoms with Gasteiger partial charge in [-0.3, -0.25) is 9.78 Å². The van der Waals surface area contributed by atoms with Crippen molar-refractivity contribution >= 4 is 52.2 Å². The standard InChI is InChI=1S/C20H22Cl2N6OS/c21-13-4-1-5-14(22)18(13)20(26-10-17(24)30-20)19(29)27-15-9-25-7-6-16(15)28-8-2-3-12(23)11-28/h1,4-7,9-10,12,26H,2-3,8,11,23-24H2,(H,27,29)/t12?,20-/m0/s1. The minimum Gasteiger partial charge on any atom is -0.392 e. The lowest BCUT2D eigenvalue weighted by atomic mass is 10.0. The van der Waals surface area contributed by atoms with E-state index in [0.29, 0.717) is 26.3 Å². The van der Waals surface area contributed by atoms with Crippen LogP contribution in [0, 0.1) is 0 Å². The molecule has 6 N–H and O–H groups in total. The molecule has 0 saturated carbocycles. The molecular formula is C20H22Cl2N6OS. The number of halogens is 2. The van der Waals surface area contributed by atoms with Gasteiger partial charge in [0.15, 0.2) is 4.87 Å². The Balaban J connectivity index is 1.69. The van der Waals surface area contributed by atoms with Crippen molar-refractivity contribution in [3.63, 3.8) is 0 Å². The molecule has 1 amide bonds. The Labute approximate surface area is 189 Å². The van der Waals surface area contributed by atoms with Crippen LogP contribution in [0.1, 0.15) is 18.4 Å². The first kappa shape index (κ1) is 21.1. The molecule has 2 aliphatic rings. The number of hydrogen-bond donors (Lipinski definition) is 4. The summed E-state index contributed by atoms with van der Waals surface area (Å²) < 4.78 is 0. The van der Waals surface area contributed by atoms with Crippen LogP contribution < -0.4 is 27.0 Å². The maximum absolute atomic E-state index is 13.6. The van der Waals surface area contributed by atoms with E-state index in [1.165, 1.54) is 0 Å². The van der Waals surface area contributed by atoms with Crippen LogP contribution in [0.2, 0.25) is 10.0 Å². The summed E-state index contributed by atoms with van der Waals surface area (Å²) in [4.78, 5) is 18.7. The molecule has 158 valence electrons. The van der Waals surface area contributed by atoms with E-state index >= 15 is 0 Å². The molecule has 2 atom stereocenters. The number of nitrogens with zero attached hydrogens (tertiary/aromatic N) is 2. The van der Waals surface area contributed by atoms with Crippen molar-refractivity contribution in [1.82, 2.24) is 10.3 Å². The highest BCUT2D eigenvalue weighted by Crippen LogP contribution is 2.47. The monoisotopic (exact) mass is 464 g/mol. The number of hydrogen-bond acceptors (Lipinski definition) is 7. The fourth-order valence-corrected chi connectivity index (χ4v) is 5.64. The highest BCUT2D eigenvalue weighted by molar-refractivity contribution is 8.04. The summed E-state index contributed by atoms with van der Waals surface area (Å²) in [6.07, 6.45) is 6.90. The van der Waals surface area contributed by atoms with Crippen LogP contribution in [0.25, 0.3) is 0 Å². The van der Waals surface area contributed by atoms with Gasteiger partial charge in [-0.1, -0.05) is 41.0 Å². The SMILES string of the molecule is NC1=CN[C@@](C(=O)Nc2cnccc2N2CCCC(N)C2)(c2c(Cl)cccc2Cl)S1. The van der Waals surface area contributed by atoms with E-state index in [0.717, 1.165) is 43.4 Å². The largest absolute Gasteiger partial charge is 0.392 e. The minimum absolute atomic E-state index is 0.0970. The number of piperidine rings is 1. The lowest BCUT2D eigenvalue weighted by Crippen LogP contribution is -2.46. The number of nitrogens with one attached hydrogen (secondary N) is 2. The zero-order valence-corrected chi connectivity index (χ0v) is 18.4. The molecule has 0 radical (unpaired) electrons. The Kier molecular flexibility index (Phi) is 6.02. The number of nitrogens with two attached hydrogens (primary N) is 2. The van der Waals surface area contributed by atoms with Gasteiger partial charge in [0.1, 0.15) is 0 Å². The molecule has 1 unspecified atom stereocenters. The lowest BCUT2D eigenvalue weighted by Gasteiger charge is -2.34. The van der Waals surface area contributed by atoms with Crippen molar-refractivity contribution in [2.75, 3.05) is 23.3 Å². The van der Waals surface area contributed by atoms with E-state index in [-0.39, 0.29) is 11.9 Å². The smallest absolute Gasteiger partial charge is 0.266 e. The van der Waals surface area contributed by atoms with Crippen LogP contribution in [0.3, 0.4) is 0 Å². The molecule has 3 heterocycles. The van der Waals surface area contributed by atoms with Crippen molar-refractivity contribution in [3.05, 3.63) is 63.5 Å². The number of thioether (sulfide) groups is 1. The second-order valence-corrected chi connectivity index (χ2v) is 9.37. The van der Waals surface area contributed by atoms with Gasteiger partial charge < -0.3 is 27.0 Å². The highest BCUT2D eigenvalue weighted by Gasteiger charge is 2.47. The maximum Gasteiger partial charge on any atom is 0.266 e. The Hall–Kier alpha value is -2.13. The molecule has 0 bridgehead atoms. The Morgan fingerprint density at radius 1 is 1.33 bits per heavy atom. The van der Waals surface area contributed by atoms with Gasteiger partial charge in [-0.2, -0.15) is 0 Å². The molecule has 1 saturated heterocycles. The first-order chi connectivity index (χ1) is 14.4. The zero-order chi connectivity index (χ0) is 21.3. The summed E-state index contributed by atoms with van der Waals surface area (Å²) in [6, 6.07) is 7.10. The summed E-state index contributed by atoms with van der Waals surface area (Å²) in [7, 11) is 0.